The monoisotopic (exact) mass is 205 g/mol. The van der Waals surface area contributed by atoms with E-state index in [1.165, 1.54) is 11.1 Å². The first-order chi connectivity index (χ1) is 7.07. The van der Waals surface area contributed by atoms with E-state index in [4.69, 9.17) is 9.94 Å². The van der Waals surface area contributed by atoms with Crippen LogP contribution in [0.3, 0.4) is 0 Å². The Morgan fingerprint density at radius 3 is 2.20 bits per heavy atom. The molecule has 0 saturated carbocycles. The van der Waals surface area contributed by atoms with Gasteiger partial charge in [-0.05, 0) is 49.9 Å². The van der Waals surface area contributed by atoms with E-state index in [2.05, 4.69) is 19.0 Å². The Morgan fingerprint density at radius 1 is 1.00 bits per heavy atom. The molecular weight excluding hydrogens is 190 g/mol. The highest BCUT2D eigenvalue weighted by molar-refractivity contribution is 6.07. The minimum Gasteiger partial charge on any atom is -0.486 e. The molecule has 1 aromatic carbocycles. The van der Waals surface area contributed by atoms with E-state index in [1.807, 2.05) is 13.8 Å². The maximum atomic E-state index is 8.90. The van der Waals surface area contributed by atoms with Crippen molar-refractivity contribution in [2.24, 2.45) is 5.16 Å². The van der Waals surface area contributed by atoms with Gasteiger partial charge in [0.15, 0.2) is 0 Å². The van der Waals surface area contributed by atoms with Crippen molar-refractivity contribution in [3.63, 3.8) is 0 Å². The minimum atomic E-state index is 0.371. The number of hydrogen-bond acceptors (Lipinski definition) is 3. The molecule has 0 bridgehead atoms. The Morgan fingerprint density at radius 2 is 1.60 bits per heavy atom. The zero-order valence-corrected chi connectivity index (χ0v) is 9.51. The Kier molecular flexibility index (Phi) is 2.18. The van der Waals surface area contributed by atoms with Crippen LogP contribution in [0, 0.1) is 27.7 Å². The highest BCUT2D eigenvalue weighted by Gasteiger charge is 2.26. The summed E-state index contributed by atoms with van der Waals surface area (Å²) in [5.41, 5.74) is 6.40. The predicted octanol–water partition coefficient (Wildman–Crippen LogP) is 2.49. The Balaban J connectivity index is 2.81. The molecule has 1 aromatic rings. The molecule has 0 aromatic heterocycles. The zero-order valence-electron chi connectivity index (χ0n) is 9.51. The van der Waals surface area contributed by atoms with E-state index >= 15 is 0 Å². The van der Waals surface area contributed by atoms with E-state index < -0.39 is 0 Å². The van der Waals surface area contributed by atoms with Crippen LogP contribution in [0.5, 0.6) is 5.75 Å². The van der Waals surface area contributed by atoms with Gasteiger partial charge in [-0.2, -0.15) is 0 Å². The van der Waals surface area contributed by atoms with Crippen LogP contribution in [-0.2, 0) is 0 Å². The van der Waals surface area contributed by atoms with Crippen molar-refractivity contribution in [2.45, 2.75) is 27.7 Å². The lowest BCUT2D eigenvalue weighted by Gasteiger charge is -2.13. The largest absolute Gasteiger partial charge is 0.486 e. The van der Waals surface area contributed by atoms with Crippen molar-refractivity contribution in [2.75, 3.05) is 6.61 Å². The first-order valence-corrected chi connectivity index (χ1v) is 5.02. The third-order valence-corrected chi connectivity index (χ3v) is 3.39. The molecule has 3 heteroatoms. The summed E-state index contributed by atoms with van der Waals surface area (Å²) < 4.78 is 5.56. The third-order valence-electron chi connectivity index (χ3n) is 3.39. The van der Waals surface area contributed by atoms with Gasteiger partial charge >= 0.3 is 0 Å². The number of hydrogen-bond donors (Lipinski definition) is 1. The molecule has 80 valence electrons. The second-order valence-electron chi connectivity index (χ2n) is 4.04. The summed E-state index contributed by atoms with van der Waals surface area (Å²) in [5, 5.41) is 12.2. The summed E-state index contributed by atoms with van der Waals surface area (Å²) >= 11 is 0. The SMILES string of the molecule is Cc1c(C)c(C)c2c(c1C)OC/C2=N/O. The molecule has 0 unspecified atom stereocenters. The lowest BCUT2D eigenvalue weighted by atomic mass is 9.92. The summed E-state index contributed by atoms with van der Waals surface area (Å²) in [7, 11) is 0. The number of benzene rings is 1. The molecule has 0 saturated heterocycles. The lowest BCUT2D eigenvalue weighted by Crippen LogP contribution is -2.04. The molecule has 1 heterocycles. The number of nitrogens with zero attached hydrogens (tertiary/aromatic N) is 1. The number of rotatable bonds is 0. The number of fused-ring (bicyclic) bond motifs is 1. The first-order valence-electron chi connectivity index (χ1n) is 5.02. The summed E-state index contributed by atoms with van der Waals surface area (Å²) in [6.45, 7) is 8.64. The van der Waals surface area contributed by atoms with E-state index in [9.17, 15) is 0 Å². The van der Waals surface area contributed by atoms with Gasteiger partial charge in [-0.25, -0.2) is 0 Å². The van der Waals surface area contributed by atoms with Gasteiger partial charge in [0.05, 0.1) is 0 Å². The van der Waals surface area contributed by atoms with Crippen LogP contribution in [0.1, 0.15) is 27.8 Å². The molecule has 0 atom stereocenters. The number of oxime groups is 1. The molecule has 0 amide bonds. The molecule has 3 nitrogen and oxygen atoms in total. The van der Waals surface area contributed by atoms with Crippen LogP contribution >= 0.6 is 0 Å². The van der Waals surface area contributed by atoms with Crippen LogP contribution in [0.4, 0.5) is 0 Å². The molecule has 15 heavy (non-hydrogen) atoms. The molecule has 0 fully saturated rings. The Hall–Kier alpha value is -1.51. The number of ether oxygens (including phenoxy) is 1. The van der Waals surface area contributed by atoms with E-state index in [0.29, 0.717) is 12.3 Å². The van der Waals surface area contributed by atoms with Gasteiger partial charge in [-0.3, -0.25) is 0 Å². The van der Waals surface area contributed by atoms with Crippen LogP contribution in [0.2, 0.25) is 0 Å². The lowest BCUT2D eigenvalue weighted by molar-refractivity contribution is 0.313. The normalized spacial score (nSPS) is 16.7. The second-order valence-corrected chi connectivity index (χ2v) is 4.04. The molecule has 1 aliphatic rings. The maximum Gasteiger partial charge on any atom is 0.134 e. The molecule has 0 spiro atoms. The molecule has 0 radical (unpaired) electrons. The van der Waals surface area contributed by atoms with Gasteiger partial charge in [0.25, 0.3) is 0 Å². The smallest absolute Gasteiger partial charge is 0.134 e. The minimum absolute atomic E-state index is 0.371. The average molecular weight is 205 g/mol. The quantitative estimate of drug-likeness (QED) is 0.522. The van der Waals surface area contributed by atoms with Gasteiger partial charge < -0.3 is 9.94 Å². The summed E-state index contributed by atoms with van der Waals surface area (Å²) in [4.78, 5) is 0. The first kappa shape index (κ1) is 10.0. The van der Waals surface area contributed by atoms with Crippen LogP contribution in [-0.4, -0.2) is 17.5 Å². The fourth-order valence-electron chi connectivity index (χ4n) is 2.10. The average Bonchev–Trinajstić information content (AvgIpc) is 2.67. The van der Waals surface area contributed by atoms with Gasteiger partial charge in [-0.1, -0.05) is 5.16 Å². The highest BCUT2D eigenvalue weighted by Crippen LogP contribution is 2.36. The highest BCUT2D eigenvalue weighted by atomic mass is 16.5. The summed E-state index contributed by atoms with van der Waals surface area (Å²) in [6, 6.07) is 0. The van der Waals surface area contributed by atoms with Gasteiger partial charge in [-0.15, -0.1) is 0 Å². The van der Waals surface area contributed by atoms with Gasteiger partial charge in [0, 0.05) is 5.56 Å². The van der Waals surface area contributed by atoms with Crippen molar-refractivity contribution in [3.8, 4) is 5.75 Å². The summed E-state index contributed by atoms with van der Waals surface area (Å²) in [5.74, 6) is 0.878. The molecule has 2 rings (SSSR count). The van der Waals surface area contributed by atoms with Gasteiger partial charge in [0.2, 0.25) is 0 Å². The van der Waals surface area contributed by atoms with E-state index in [-0.39, 0.29) is 0 Å². The Bertz CT molecular complexity index is 461. The maximum absolute atomic E-state index is 8.90. The Labute approximate surface area is 89.4 Å². The molecule has 0 aliphatic carbocycles. The standard InChI is InChI=1S/C12H15NO2/c1-6-7(2)9(4)12-11(8(6)3)10(13-14)5-15-12/h14H,5H2,1-4H3/b13-10-. The van der Waals surface area contributed by atoms with Crippen molar-refractivity contribution < 1.29 is 9.94 Å². The van der Waals surface area contributed by atoms with Crippen molar-refractivity contribution in [3.05, 3.63) is 27.8 Å². The molecular formula is C12H15NO2. The van der Waals surface area contributed by atoms with Crippen LogP contribution < -0.4 is 4.74 Å². The zero-order chi connectivity index (χ0) is 11.2. The van der Waals surface area contributed by atoms with Gasteiger partial charge in [0.1, 0.15) is 18.1 Å². The van der Waals surface area contributed by atoms with E-state index in [0.717, 1.165) is 22.4 Å². The van der Waals surface area contributed by atoms with Crippen LogP contribution in [0.15, 0.2) is 5.16 Å². The predicted molar refractivity (Wildman–Crippen MR) is 59.2 cm³/mol. The second kappa shape index (κ2) is 3.26. The topological polar surface area (TPSA) is 41.8 Å². The fourth-order valence-corrected chi connectivity index (χ4v) is 2.10. The van der Waals surface area contributed by atoms with Crippen molar-refractivity contribution in [1.82, 2.24) is 0 Å². The summed E-state index contributed by atoms with van der Waals surface area (Å²) in [6.07, 6.45) is 0. The molecule has 1 N–H and O–H groups in total. The molecule has 1 aliphatic heterocycles. The van der Waals surface area contributed by atoms with Crippen molar-refractivity contribution in [1.29, 1.82) is 0 Å². The van der Waals surface area contributed by atoms with Crippen LogP contribution in [0.25, 0.3) is 0 Å². The van der Waals surface area contributed by atoms with E-state index in [1.54, 1.807) is 0 Å². The van der Waals surface area contributed by atoms with Crippen molar-refractivity contribution >= 4 is 5.71 Å². The fraction of sp³-hybridized carbons (Fsp3) is 0.417. The third kappa shape index (κ3) is 1.23.